The number of amides is 2. The van der Waals surface area contributed by atoms with Crippen molar-refractivity contribution in [1.29, 1.82) is 0 Å². The first-order valence-corrected chi connectivity index (χ1v) is 17.8. The fraction of sp³-hybridized carbons (Fsp3) is 0.394. The van der Waals surface area contributed by atoms with E-state index in [9.17, 15) is 18.0 Å². The molecule has 1 fully saturated rings. The van der Waals surface area contributed by atoms with E-state index >= 15 is 0 Å². The van der Waals surface area contributed by atoms with Gasteiger partial charge in [-0.2, -0.15) is 0 Å². The number of nitrogens with zero attached hydrogens (tertiary/aromatic N) is 2. The number of carbonyl (C=O) groups is 2. The van der Waals surface area contributed by atoms with E-state index in [0.29, 0.717) is 27.0 Å². The average Bonchev–Trinajstić information content (AvgIpc) is 3.51. The first-order chi connectivity index (χ1) is 21.5. The third kappa shape index (κ3) is 9.51. The second-order valence-corrected chi connectivity index (χ2v) is 14.3. The highest BCUT2D eigenvalue weighted by atomic mass is 35.5. The highest BCUT2D eigenvalue weighted by Crippen LogP contribution is 2.31. The molecule has 242 valence electrons. The molecule has 3 aromatic rings. The van der Waals surface area contributed by atoms with Crippen molar-refractivity contribution < 1.29 is 22.7 Å². The zero-order chi connectivity index (χ0) is 32.6. The fourth-order valence-electron chi connectivity index (χ4n) is 5.59. The molecule has 1 atom stereocenters. The molecule has 1 aliphatic carbocycles. The number of benzene rings is 3. The van der Waals surface area contributed by atoms with Crippen molar-refractivity contribution >= 4 is 62.3 Å². The van der Waals surface area contributed by atoms with Crippen LogP contribution in [0.15, 0.2) is 66.7 Å². The summed E-state index contributed by atoms with van der Waals surface area (Å²) in [5.41, 5.74) is 1.78. The van der Waals surface area contributed by atoms with Gasteiger partial charge in [0.25, 0.3) is 0 Å². The second-order valence-electron chi connectivity index (χ2n) is 11.2. The largest absolute Gasteiger partial charge is 0.495 e. The molecule has 0 saturated heterocycles. The lowest BCUT2D eigenvalue weighted by Crippen LogP contribution is -2.52. The molecule has 12 heteroatoms. The van der Waals surface area contributed by atoms with Gasteiger partial charge in [0.05, 0.1) is 24.1 Å². The van der Waals surface area contributed by atoms with Gasteiger partial charge in [0.1, 0.15) is 11.8 Å². The second kappa shape index (κ2) is 16.0. The van der Waals surface area contributed by atoms with Gasteiger partial charge in [-0.15, -0.1) is 0 Å². The average molecular weight is 695 g/mol. The standard InChI is InChI=1S/C33H38Cl3N3O5S/c1-44-31-18-17-25(21-29(31)36)39(45(2,42)43)19-9-16-32(40)38(22-26-27(34)14-8-15-28(26)35)30(20-23-10-4-3-5-11-23)33(41)37-24-12-6-7-13-24/h3-5,8,10-11,14-15,17-18,21,24,30H,6-7,9,12-13,16,19-20,22H2,1-2H3,(H,37,41). The third-order valence-electron chi connectivity index (χ3n) is 7.94. The van der Waals surface area contributed by atoms with Crippen LogP contribution in [0, 0.1) is 0 Å². The first kappa shape index (κ1) is 34.9. The van der Waals surface area contributed by atoms with E-state index in [1.54, 1.807) is 30.3 Å². The van der Waals surface area contributed by atoms with Crippen molar-refractivity contribution in [2.75, 3.05) is 24.2 Å². The Labute approximate surface area is 280 Å². The van der Waals surface area contributed by atoms with E-state index in [1.807, 2.05) is 30.3 Å². The monoisotopic (exact) mass is 693 g/mol. The lowest BCUT2D eigenvalue weighted by Gasteiger charge is -2.33. The highest BCUT2D eigenvalue weighted by Gasteiger charge is 2.33. The van der Waals surface area contributed by atoms with Crippen LogP contribution in [0.3, 0.4) is 0 Å². The maximum atomic E-state index is 14.1. The molecule has 1 saturated carbocycles. The molecule has 0 bridgehead atoms. The Kier molecular flexibility index (Phi) is 12.4. The van der Waals surface area contributed by atoms with Crippen molar-refractivity contribution in [3.05, 3.63) is 92.9 Å². The van der Waals surface area contributed by atoms with Crippen molar-refractivity contribution in [2.45, 2.75) is 63.6 Å². The minimum atomic E-state index is -3.71. The van der Waals surface area contributed by atoms with Gasteiger partial charge in [-0.25, -0.2) is 8.42 Å². The summed E-state index contributed by atoms with van der Waals surface area (Å²) in [5.74, 6) is -0.152. The molecule has 0 spiro atoms. The summed E-state index contributed by atoms with van der Waals surface area (Å²) in [6.07, 6.45) is 5.42. The minimum absolute atomic E-state index is 0.0107. The minimum Gasteiger partial charge on any atom is -0.495 e. The number of hydrogen-bond acceptors (Lipinski definition) is 5. The summed E-state index contributed by atoms with van der Waals surface area (Å²) in [6, 6.07) is 18.5. The van der Waals surface area contributed by atoms with Gasteiger partial charge in [0, 0.05) is 47.6 Å². The van der Waals surface area contributed by atoms with Gasteiger partial charge < -0.3 is 15.0 Å². The number of hydrogen-bond donors (Lipinski definition) is 1. The van der Waals surface area contributed by atoms with Crippen molar-refractivity contribution in [2.24, 2.45) is 0 Å². The summed E-state index contributed by atoms with van der Waals surface area (Å²) < 4.78 is 31.9. The van der Waals surface area contributed by atoms with Crippen molar-refractivity contribution in [3.8, 4) is 5.75 Å². The maximum Gasteiger partial charge on any atom is 0.243 e. The quantitative estimate of drug-likeness (QED) is 0.198. The number of sulfonamides is 1. The van der Waals surface area contributed by atoms with E-state index in [1.165, 1.54) is 22.4 Å². The summed E-state index contributed by atoms with van der Waals surface area (Å²) >= 11 is 19.4. The number of halogens is 3. The Morgan fingerprint density at radius 1 is 0.956 bits per heavy atom. The van der Waals surface area contributed by atoms with Crippen LogP contribution >= 0.6 is 34.8 Å². The van der Waals surface area contributed by atoms with Gasteiger partial charge >= 0.3 is 0 Å². The molecule has 1 unspecified atom stereocenters. The number of ether oxygens (including phenoxy) is 1. The number of carbonyl (C=O) groups excluding carboxylic acids is 2. The molecule has 1 aliphatic rings. The fourth-order valence-corrected chi connectivity index (χ4v) is 7.32. The lowest BCUT2D eigenvalue weighted by molar-refractivity contribution is -0.141. The normalized spacial score (nSPS) is 14.2. The van der Waals surface area contributed by atoms with Crippen LogP contribution < -0.4 is 14.4 Å². The molecule has 1 N–H and O–H groups in total. The van der Waals surface area contributed by atoms with E-state index in [-0.39, 0.29) is 55.2 Å². The molecule has 3 aromatic carbocycles. The maximum absolute atomic E-state index is 14.1. The number of nitrogens with one attached hydrogen (secondary N) is 1. The number of anilines is 1. The molecular formula is C33H38Cl3N3O5S. The molecule has 0 radical (unpaired) electrons. The van der Waals surface area contributed by atoms with E-state index in [2.05, 4.69) is 5.32 Å². The Balaban J connectivity index is 1.62. The third-order valence-corrected chi connectivity index (χ3v) is 10.1. The van der Waals surface area contributed by atoms with E-state index in [0.717, 1.165) is 37.5 Å². The topological polar surface area (TPSA) is 96.0 Å². The van der Waals surface area contributed by atoms with Crippen molar-refractivity contribution in [1.82, 2.24) is 10.2 Å². The zero-order valence-electron chi connectivity index (χ0n) is 25.3. The van der Waals surface area contributed by atoms with Crippen LogP contribution in [0.25, 0.3) is 0 Å². The molecule has 0 heterocycles. The first-order valence-electron chi connectivity index (χ1n) is 14.9. The van der Waals surface area contributed by atoms with Gasteiger partial charge in [-0.3, -0.25) is 13.9 Å². The summed E-state index contributed by atoms with van der Waals surface area (Å²) in [7, 11) is -2.23. The summed E-state index contributed by atoms with van der Waals surface area (Å²) in [6.45, 7) is 0.0301. The molecule has 8 nitrogen and oxygen atoms in total. The Hall–Kier alpha value is -2.98. The van der Waals surface area contributed by atoms with Crippen LogP contribution in [0.4, 0.5) is 5.69 Å². The predicted molar refractivity (Wildman–Crippen MR) is 181 cm³/mol. The predicted octanol–water partition coefficient (Wildman–Crippen LogP) is 6.90. The van der Waals surface area contributed by atoms with E-state index < -0.39 is 16.1 Å². The number of rotatable bonds is 14. The Morgan fingerprint density at radius 3 is 2.22 bits per heavy atom. The molecule has 2 amide bonds. The summed E-state index contributed by atoms with van der Waals surface area (Å²) in [4.78, 5) is 29.5. The lowest BCUT2D eigenvalue weighted by atomic mass is 10.0. The molecule has 0 aromatic heterocycles. The van der Waals surface area contributed by atoms with Gasteiger partial charge in [-0.1, -0.05) is 84.0 Å². The van der Waals surface area contributed by atoms with Gasteiger partial charge in [-0.05, 0) is 55.2 Å². The van der Waals surface area contributed by atoms with Crippen LogP contribution in [0.2, 0.25) is 15.1 Å². The highest BCUT2D eigenvalue weighted by molar-refractivity contribution is 7.92. The smallest absolute Gasteiger partial charge is 0.243 e. The van der Waals surface area contributed by atoms with Crippen LogP contribution in [-0.4, -0.2) is 57.1 Å². The molecule has 4 rings (SSSR count). The SMILES string of the molecule is COc1ccc(N(CCCC(=O)N(Cc2c(Cl)cccc2Cl)C(Cc2ccccc2)C(=O)NC2CCCC2)S(C)(=O)=O)cc1Cl. The Morgan fingerprint density at radius 2 is 1.62 bits per heavy atom. The van der Waals surface area contributed by atoms with Crippen molar-refractivity contribution in [3.63, 3.8) is 0 Å². The molecule has 45 heavy (non-hydrogen) atoms. The number of methoxy groups -OCH3 is 1. The van der Waals surface area contributed by atoms with Gasteiger partial charge in [0.15, 0.2) is 0 Å². The molecular weight excluding hydrogens is 657 g/mol. The summed E-state index contributed by atoms with van der Waals surface area (Å²) in [5, 5.41) is 4.20. The molecule has 0 aliphatic heterocycles. The van der Waals surface area contributed by atoms with E-state index in [4.69, 9.17) is 39.5 Å². The van der Waals surface area contributed by atoms with Crippen LogP contribution in [-0.2, 0) is 32.6 Å². The van der Waals surface area contributed by atoms with Crippen LogP contribution in [0.1, 0.15) is 49.7 Å². The Bertz CT molecular complexity index is 1560. The van der Waals surface area contributed by atoms with Crippen LogP contribution in [0.5, 0.6) is 5.75 Å². The zero-order valence-corrected chi connectivity index (χ0v) is 28.4. The van der Waals surface area contributed by atoms with Gasteiger partial charge in [0.2, 0.25) is 21.8 Å².